The van der Waals surface area contributed by atoms with E-state index in [-0.39, 0.29) is 5.79 Å². The highest BCUT2D eigenvalue weighted by Gasteiger charge is 2.38. The molecule has 0 aromatic heterocycles. The van der Waals surface area contributed by atoms with Crippen molar-refractivity contribution in [3.05, 3.63) is 29.8 Å². The summed E-state index contributed by atoms with van der Waals surface area (Å²) in [5.74, 6) is -0.0519. The second-order valence-corrected chi connectivity index (χ2v) is 3.72. The fraction of sp³-hybridized carbons (Fsp3) is 0.400. The van der Waals surface area contributed by atoms with Crippen molar-refractivity contribution < 1.29 is 0 Å². The van der Waals surface area contributed by atoms with Gasteiger partial charge >= 0.3 is 0 Å². The Labute approximate surface area is 77.5 Å². The quantitative estimate of drug-likeness (QED) is 0.537. The first-order valence-corrected chi connectivity index (χ1v) is 4.74. The Morgan fingerprint density at radius 1 is 1.08 bits per heavy atom. The molecule has 0 amide bonds. The highest BCUT2D eigenvalue weighted by Crippen LogP contribution is 2.29. The number of rotatable bonds is 0. The summed E-state index contributed by atoms with van der Waals surface area (Å²) in [4.78, 5) is 0. The Morgan fingerprint density at radius 2 is 1.85 bits per heavy atom. The molecule has 0 saturated carbocycles. The van der Waals surface area contributed by atoms with Gasteiger partial charge in [0.05, 0.1) is 0 Å². The second-order valence-electron chi connectivity index (χ2n) is 3.72. The summed E-state index contributed by atoms with van der Waals surface area (Å²) in [6, 6.07) is 8.47. The molecule has 2 aliphatic rings. The molecule has 2 heterocycles. The molecule has 13 heavy (non-hydrogen) atoms. The van der Waals surface area contributed by atoms with Crippen LogP contribution in [-0.4, -0.2) is 18.9 Å². The molecule has 0 bridgehead atoms. The summed E-state index contributed by atoms with van der Waals surface area (Å²) in [6.45, 7) is 2.09. The van der Waals surface area contributed by atoms with Crippen LogP contribution < -0.4 is 16.0 Å². The predicted octanol–water partition coefficient (Wildman–Crippen LogP) is 0.501. The average molecular weight is 175 g/mol. The number of para-hydroxylation sites is 1. The van der Waals surface area contributed by atoms with Gasteiger partial charge in [-0.05, 0) is 11.6 Å². The van der Waals surface area contributed by atoms with Crippen LogP contribution >= 0.6 is 0 Å². The lowest BCUT2D eigenvalue weighted by Gasteiger charge is -2.24. The van der Waals surface area contributed by atoms with Crippen molar-refractivity contribution in [1.82, 2.24) is 10.6 Å². The lowest BCUT2D eigenvalue weighted by atomic mass is 10.1. The molecule has 1 fully saturated rings. The first kappa shape index (κ1) is 7.35. The topological polar surface area (TPSA) is 36.1 Å². The molecule has 3 rings (SSSR count). The van der Waals surface area contributed by atoms with Gasteiger partial charge in [0.2, 0.25) is 0 Å². The SMILES string of the molecule is c1ccc2c(c1)CC1(NCCN1)N2. The maximum Gasteiger partial charge on any atom is 0.148 e. The van der Waals surface area contributed by atoms with Crippen LogP contribution in [0.25, 0.3) is 0 Å². The third-order valence-corrected chi connectivity index (χ3v) is 2.80. The van der Waals surface area contributed by atoms with Crippen molar-refractivity contribution in [3.8, 4) is 0 Å². The minimum Gasteiger partial charge on any atom is -0.355 e. The number of hydrogen-bond acceptors (Lipinski definition) is 3. The standard InChI is InChI=1S/C10H13N3/c1-2-4-9-8(3-1)7-10(13-9)11-5-6-12-10/h1-4,11-13H,5-7H2. The summed E-state index contributed by atoms with van der Waals surface area (Å²) in [7, 11) is 0. The third-order valence-electron chi connectivity index (χ3n) is 2.80. The Hall–Kier alpha value is -1.06. The Kier molecular flexibility index (Phi) is 1.39. The van der Waals surface area contributed by atoms with E-state index in [1.54, 1.807) is 0 Å². The summed E-state index contributed by atoms with van der Waals surface area (Å²) >= 11 is 0. The number of benzene rings is 1. The molecule has 3 nitrogen and oxygen atoms in total. The largest absolute Gasteiger partial charge is 0.355 e. The van der Waals surface area contributed by atoms with Crippen molar-refractivity contribution in [1.29, 1.82) is 0 Å². The van der Waals surface area contributed by atoms with E-state index in [2.05, 4.69) is 40.2 Å². The molecule has 0 unspecified atom stereocenters. The summed E-state index contributed by atoms with van der Waals surface area (Å²) < 4.78 is 0. The summed E-state index contributed by atoms with van der Waals surface area (Å²) in [5, 5.41) is 10.4. The molecule has 1 aromatic carbocycles. The maximum atomic E-state index is 3.49. The zero-order valence-electron chi connectivity index (χ0n) is 7.43. The molecule has 0 atom stereocenters. The van der Waals surface area contributed by atoms with Crippen LogP contribution in [0.5, 0.6) is 0 Å². The predicted molar refractivity (Wildman–Crippen MR) is 52.5 cm³/mol. The first-order chi connectivity index (χ1) is 6.38. The molecule has 0 aliphatic carbocycles. The number of nitrogens with one attached hydrogen (secondary N) is 3. The summed E-state index contributed by atoms with van der Waals surface area (Å²) in [6.07, 6.45) is 1.03. The van der Waals surface area contributed by atoms with Gasteiger partial charge in [-0.2, -0.15) is 0 Å². The van der Waals surface area contributed by atoms with E-state index in [0.717, 1.165) is 19.5 Å². The highest BCUT2D eigenvalue weighted by molar-refractivity contribution is 5.58. The molecule has 1 saturated heterocycles. The molecule has 3 N–H and O–H groups in total. The van der Waals surface area contributed by atoms with Crippen LogP contribution in [0.15, 0.2) is 24.3 Å². The van der Waals surface area contributed by atoms with E-state index in [9.17, 15) is 0 Å². The van der Waals surface area contributed by atoms with Gasteiger partial charge in [0.1, 0.15) is 5.79 Å². The van der Waals surface area contributed by atoms with Crippen molar-refractivity contribution in [2.45, 2.75) is 12.2 Å². The van der Waals surface area contributed by atoms with Gasteiger partial charge in [-0.1, -0.05) is 18.2 Å². The Bertz CT molecular complexity index is 302. The number of hydrogen-bond donors (Lipinski definition) is 3. The Morgan fingerprint density at radius 3 is 2.62 bits per heavy atom. The smallest absolute Gasteiger partial charge is 0.148 e. The van der Waals surface area contributed by atoms with Gasteiger partial charge in [0, 0.05) is 25.2 Å². The number of anilines is 1. The fourth-order valence-corrected chi connectivity index (χ4v) is 2.18. The van der Waals surface area contributed by atoms with Crippen LogP contribution in [0.4, 0.5) is 5.69 Å². The van der Waals surface area contributed by atoms with Crippen LogP contribution in [0, 0.1) is 0 Å². The van der Waals surface area contributed by atoms with E-state index < -0.39 is 0 Å². The van der Waals surface area contributed by atoms with Crippen LogP contribution in [0.3, 0.4) is 0 Å². The van der Waals surface area contributed by atoms with Gasteiger partial charge in [0.15, 0.2) is 0 Å². The molecule has 1 spiro atoms. The van der Waals surface area contributed by atoms with Gasteiger partial charge in [0.25, 0.3) is 0 Å². The van der Waals surface area contributed by atoms with Crippen LogP contribution in [0.2, 0.25) is 0 Å². The first-order valence-electron chi connectivity index (χ1n) is 4.74. The normalized spacial score (nSPS) is 23.1. The minimum atomic E-state index is -0.0519. The zero-order chi connectivity index (χ0) is 8.73. The van der Waals surface area contributed by atoms with Gasteiger partial charge < -0.3 is 5.32 Å². The van der Waals surface area contributed by atoms with Gasteiger partial charge in [-0.3, -0.25) is 10.6 Å². The second kappa shape index (κ2) is 2.47. The van der Waals surface area contributed by atoms with E-state index in [1.807, 2.05) is 0 Å². The maximum absolute atomic E-state index is 3.49. The Balaban J connectivity index is 1.96. The van der Waals surface area contributed by atoms with E-state index in [4.69, 9.17) is 0 Å². The molecule has 68 valence electrons. The monoisotopic (exact) mass is 175 g/mol. The van der Waals surface area contributed by atoms with Crippen LogP contribution in [-0.2, 0) is 6.42 Å². The van der Waals surface area contributed by atoms with Crippen molar-refractivity contribution in [2.24, 2.45) is 0 Å². The van der Waals surface area contributed by atoms with Crippen molar-refractivity contribution in [3.63, 3.8) is 0 Å². The van der Waals surface area contributed by atoms with Crippen molar-refractivity contribution in [2.75, 3.05) is 18.4 Å². The lowest BCUT2D eigenvalue weighted by Crippen LogP contribution is -2.54. The molecule has 3 heteroatoms. The molecule has 2 aliphatic heterocycles. The molecular weight excluding hydrogens is 162 g/mol. The lowest BCUT2D eigenvalue weighted by molar-refractivity contribution is 0.400. The highest BCUT2D eigenvalue weighted by atomic mass is 15.4. The minimum absolute atomic E-state index is 0.0519. The third kappa shape index (κ3) is 1.04. The van der Waals surface area contributed by atoms with E-state index >= 15 is 0 Å². The van der Waals surface area contributed by atoms with E-state index in [1.165, 1.54) is 11.3 Å². The molecular formula is C10H13N3. The van der Waals surface area contributed by atoms with Crippen molar-refractivity contribution >= 4 is 5.69 Å². The van der Waals surface area contributed by atoms with Gasteiger partial charge in [-0.25, -0.2) is 0 Å². The zero-order valence-corrected chi connectivity index (χ0v) is 7.43. The summed E-state index contributed by atoms with van der Waals surface area (Å²) in [5.41, 5.74) is 2.65. The molecule has 1 aromatic rings. The van der Waals surface area contributed by atoms with Gasteiger partial charge in [-0.15, -0.1) is 0 Å². The number of fused-ring (bicyclic) bond motifs is 1. The van der Waals surface area contributed by atoms with E-state index in [0.29, 0.717) is 0 Å². The average Bonchev–Trinajstić information content (AvgIpc) is 2.72. The fourth-order valence-electron chi connectivity index (χ4n) is 2.18. The van der Waals surface area contributed by atoms with Crippen LogP contribution in [0.1, 0.15) is 5.56 Å². The molecule has 0 radical (unpaired) electrons.